The van der Waals surface area contributed by atoms with Crippen LogP contribution < -0.4 is 15.5 Å². The van der Waals surface area contributed by atoms with E-state index in [-0.39, 0.29) is 23.4 Å². The van der Waals surface area contributed by atoms with Crippen LogP contribution in [-0.2, 0) is 11.2 Å². The molecule has 0 saturated carbocycles. The van der Waals surface area contributed by atoms with Crippen molar-refractivity contribution in [2.24, 2.45) is 0 Å². The number of carboxylic acids is 1. The zero-order valence-corrected chi connectivity index (χ0v) is 19.8. The molecule has 1 atom stereocenters. The predicted octanol–water partition coefficient (Wildman–Crippen LogP) is 3.70. The normalized spacial score (nSPS) is 17.2. The third kappa shape index (κ3) is 5.05. The second-order valence-corrected chi connectivity index (χ2v) is 9.07. The molecule has 0 aliphatic carbocycles. The standard InChI is InChI=1S/C27H28N4O5/c32-25-22(4-1-3-18-6-8-19(9-7-18)27(34)35)28-21-11-10-20(17-23(21)29-25)26(33)31-14-12-30(13-15-31)24-5-2-16-36-24/h2,5-11,16-17,22,28H,1,3-4,12-15H2,(H,29,32)(H,34,35). The van der Waals surface area contributed by atoms with Crippen molar-refractivity contribution in [3.05, 3.63) is 77.6 Å². The molecule has 9 nitrogen and oxygen atoms in total. The minimum Gasteiger partial charge on any atom is -0.478 e. The number of furan rings is 1. The van der Waals surface area contributed by atoms with E-state index in [4.69, 9.17) is 9.52 Å². The van der Waals surface area contributed by atoms with Gasteiger partial charge in [-0.15, -0.1) is 0 Å². The van der Waals surface area contributed by atoms with Crippen molar-refractivity contribution in [3.8, 4) is 0 Å². The lowest BCUT2D eigenvalue weighted by molar-refractivity contribution is -0.117. The Hall–Kier alpha value is -4.27. The maximum absolute atomic E-state index is 13.1. The lowest BCUT2D eigenvalue weighted by Gasteiger charge is -2.35. The molecule has 0 radical (unpaired) electrons. The summed E-state index contributed by atoms with van der Waals surface area (Å²) >= 11 is 0. The monoisotopic (exact) mass is 488 g/mol. The number of amides is 2. The van der Waals surface area contributed by atoms with E-state index in [1.54, 1.807) is 30.5 Å². The Morgan fingerprint density at radius 3 is 2.42 bits per heavy atom. The van der Waals surface area contributed by atoms with Gasteiger partial charge in [0.25, 0.3) is 5.91 Å². The fraction of sp³-hybridized carbons (Fsp3) is 0.296. The van der Waals surface area contributed by atoms with Gasteiger partial charge in [0.2, 0.25) is 5.91 Å². The molecule has 36 heavy (non-hydrogen) atoms. The van der Waals surface area contributed by atoms with Gasteiger partial charge >= 0.3 is 5.97 Å². The molecule has 0 bridgehead atoms. The number of rotatable bonds is 7. The molecule has 2 aliphatic heterocycles. The van der Waals surface area contributed by atoms with Gasteiger partial charge in [0.05, 0.1) is 23.2 Å². The Labute approximate surface area is 208 Å². The van der Waals surface area contributed by atoms with Crippen LogP contribution >= 0.6 is 0 Å². The zero-order chi connectivity index (χ0) is 25.1. The minimum atomic E-state index is -0.944. The maximum Gasteiger partial charge on any atom is 0.335 e. The summed E-state index contributed by atoms with van der Waals surface area (Å²) in [5.74, 6) is -0.307. The zero-order valence-electron chi connectivity index (χ0n) is 19.8. The van der Waals surface area contributed by atoms with Crippen LogP contribution in [0.1, 0.15) is 39.1 Å². The van der Waals surface area contributed by atoms with E-state index in [0.717, 1.165) is 30.0 Å². The molecular formula is C27H28N4O5. The average molecular weight is 489 g/mol. The largest absolute Gasteiger partial charge is 0.478 e. The van der Waals surface area contributed by atoms with Gasteiger partial charge in [0.15, 0.2) is 5.88 Å². The first-order valence-corrected chi connectivity index (χ1v) is 12.1. The van der Waals surface area contributed by atoms with Crippen LogP contribution in [0.2, 0.25) is 0 Å². The number of benzene rings is 2. The van der Waals surface area contributed by atoms with Crippen LogP contribution in [0.3, 0.4) is 0 Å². The Morgan fingerprint density at radius 1 is 0.972 bits per heavy atom. The van der Waals surface area contributed by atoms with Crippen molar-refractivity contribution in [1.29, 1.82) is 0 Å². The molecule has 1 fully saturated rings. The fourth-order valence-electron chi connectivity index (χ4n) is 4.67. The van der Waals surface area contributed by atoms with Crippen LogP contribution in [0.5, 0.6) is 0 Å². The van der Waals surface area contributed by atoms with Crippen molar-refractivity contribution in [2.45, 2.75) is 25.3 Å². The van der Waals surface area contributed by atoms with Crippen LogP contribution in [0.25, 0.3) is 0 Å². The van der Waals surface area contributed by atoms with Gasteiger partial charge in [-0.25, -0.2) is 4.79 Å². The summed E-state index contributed by atoms with van der Waals surface area (Å²) in [6.45, 7) is 2.60. The Morgan fingerprint density at radius 2 is 1.72 bits per heavy atom. The summed E-state index contributed by atoms with van der Waals surface area (Å²) in [6, 6.07) is 15.6. The molecule has 2 aromatic carbocycles. The summed E-state index contributed by atoms with van der Waals surface area (Å²) in [5, 5.41) is 15.2. The van der Waals surface area contributed by atoms with E-state index >= 15 is 0 Å². The van der Waals surface area contributed by atoms with E-state index in [0.29, 0.717) is 43.9 Å². The molecule has 2 amide bonds. The first-order valence-electron chi connectivity index (χ1n) is 12.1. The van der Waals surface area contributed by atoms with Gasteiger partial charge in [-0.2, -0.15) is 0 Å². The van der Waals surface area contributed by atoms with Crippen LogP contribution in [-0.4, -0.2) is 60.0 Å². The minimum absolute atomic E-state index is 0.0535. The molecule has 5 rings (SSSR count). The molecule has 1 unspecified atom stereocenters. The van der Waals surface area contributed by atoms with Crippen molar-refractivity contribution in [3.63, 3.8) is 0 Å². The number of hydrogen-bond donors (Lipinski definition) is 3. The van der Waals surface area contributed by atoms with Crippen molar-refractivity contribution >= 4 is 35.0 Å². The van der Waals surface area contributed by atoms with E-state index < -0.39 is 5.97 Å². The lowest BCUT2D eigenvalue weighted by atomic mass is 10.0. The number of aryl methyl sites for hydroxylation is 1. The first-order chi connectivity index (χ1) is 17.5. The molecule has 2 aliphatic rings. The molecule has 1 saturated heterocycles. The molecular weight excluding hydrogens is 460 g/mol. The summed E-state index contributed by atoms with van der Waals surface area (Å²) in [6.07, 6.45) is 3.80. The Bertz CT molecular complexity index is 1250. The van der Waals surface area contributed by atoms with Crippen LogP contribution in [0.4, 0.5) is 17.3 Å². The summed E-state index contributed by atoms with van der Waals surface area (Å²) in [5.41, 5.74) is 3.25. The Balaban J connectivity index is 1.15. The molecule has 186 valence electrons. The van der Waals surface area contributed by atoms with Gasteiger partial charge < -0.3 is 30.0 Å². The SMILES string of the molecule is O=C(O)c1ccc(CCCC2Nc3ccc(C(=O)N4CCN(c5ccco5)CC4)cc3NC2=O)cc1. The summed E-state index contributed by atoms with van der Waals surface area (Å²) < 4.78 is 5.45. The second kappa shape index (κ2) is 10.2. The number of carbonyl (C=O) groups is 3. The second-order valence-electron chi connectivity index (χ2n) is 9.07. The van der Waals surface area contributed by atoms with Crippen molar-refractivity contribution in [2.75, 3.05) is 41.7 Å². The van der Waals surface area contributed by atoms with Crippen LogP contribution in [0.15, 0.2) is 65.3 Å². The molecule has 3 heterocycles. The predicted molar refractivity (Wildman–Crippen MR) is 136 cm³/mol. The van der Waals surface area contributed by atoms with E-state index in [1.165, 1.54) is 0 Å². The molecule has 3 aromatic rings. The first kappa shape index (κ1) is 23.5. The summed E-state index contributed by atoms with van der Waals surface area (Å²) in [4.78, 5) is 40.7. The van der Waals surface area contributed by atoms with Gasteiger partial charge in [0, 0.05) is 37.8 Å². The fourth-order valence-corrected chi connectivity index (χ4v) is 4.67. The van der Waals surface area contributed by atoms with Gasteiger partial charge in [-0.05, 0) is 61.2 Å². The maximum atomic E-state index is 13.1. The third-order valence-electron chi connectivity index (χ3n) is 6.71. The molecule has 1 aromatic heterocycles. The number of hydrogen-bond acceptors (Lipinski definition) is 6. The highest BCUT2D eigenvalue weighted by Gasteiger charge is 2.28. The number of nitrogens with zero attached hydrogens (tertiary/aromatic N) is 2. The number of carbonyl (C=O) groups excluding carboxylic acids is 2. The van der Waals surface area contributed by atoms with E-state index in [1.807, 2.05) is 35.2 Å². The quantitative estimate of drug-likeness (QED) is 0.465. The molecule has 0 spiro atoms. The number of aromatic carboxylic acids is 1. The third-order valence-corrected chi connectivity index (χ3v) is 6.71. The summed E-state index contributed by atoms with van der Waals surface area (Å²) in [7, 11) is 0. The van der Waals surface area contributed by atoms with Gasteiger partial charge in [0.1, 0.15) is 6.04 Å². The van der Waals surface area contributed by atoms with E-state index in [9.17, 15) is 14.4 Å². The average Bonchev–Trinajstić information content (AvgIpc) is 3.44. The number of nitrogens with one attached hydrogen (secondary N) is 2. The topological polar surface area (TPSA) is 115 Å². The molecule has 3 N–H and O–H groups in total. The smallest absolute Gasteiger partial charge is 0.335 e. The Kier molecular flexibility index (Phi) is 6.62. The van der Waals surface area contributed by atoms with E-state index in [2.05, 4.69) is 15.5 Å². The van der Waals surface area contributed by atoms with Crippen molar-refractivity contribution in [1.82, 2.24) is 4.90 Å². The van der Waals surface area contributed by atoms with Gasteiger partial charge in [-0.3, -0.25) is 9.59 Å². The van der Waals surface area contributed by atoms with Crippen molar-refractivity contribution < 1.29 is 23.9 Å². The van der Waals surface area contributed by atoms with Crippen LogP contribution in [0, 0.1) is 0 Å². The highest BCUT2D eigenvalue weighted by Crippen LogP contribution is 2.30. The molecule has 9 heteroatoms. The highest BCUT2D eigenvalue weighted by molar-refractivity contribution is 6.05. The number of carboxylic acid groups (broad SMARTS) is 1. The number of piperazine rings is 1. The highest BCUT2D eigenvalue weighted by atomic mass is 16.4. The number of anilines is 3. The number of fused-ring (bicyclic) bond motifs is 1. The lowest BCUT2D eigenvalue weighted by Crippen LogP contribution is -2.48. The van der Waals surface area contributed by atoms with Gasteiger partial charge in [-0.1, -0.05) is 12.1 Å².